The molecule has 2 aliphatic carbocycles. The zero-order chi connectivity index (χ0) is 65.3. The van der Waals surface area contributed by atoms with E-state index in [1.54, 1.807) is 0 Å². The summed E-state index contributed by atoms with van der Waals surface area (Å²) in [5.74, 6) is 0.969. The Balaban J connectivity index is -0.00000105. The van der Waals surface area contributed by atoms with Crippen molar-refractivity contribution in [2.45, 2.75) is 233 Å². The number of nitrogens with one attached hydrogen (secondary N) is 1. The smallest absolute Gasteiger partial charge is 0.658 e. The monoisotopic (exact) mass is 1450 g/mol. The Morgan fingerprint density at radius 1 is 0.448 bits per heavy atom. The Bertz CT molecular complexity index is 2480. The van der Waals surface area contributed by atoms with Crippen molar-refractivity contribution in [2.24, 2.45) is 4.99 Å². The molecule has 2 saturated carbocycles. The molecule has 0 amide bonds. The number of aromatic nitrogens is 2. The van der Waals surface area contributed by atoms with Crippen LogP contribution in [0.15, 0.2) is 139 Å². The summed E-state index contributed by atoms with van der Waals surface area (Å²) in [6.45, 7) is 75.3. The quantitative estimate of drug-likeness (QED) is 0.0667. The summed E-state index contributed by atoms with van der Waals surface area (Å²) >= 11 is 0. The molecule has 6 nitrogen and oxygen atoms in total. The van der Waals surface area contributed by atoms with E-state index in [-0.39, 0.29) is 58.7 Å². The van der Waals surface area contributed by atoms with Gasteiger partial charge in [-0.1, -0.05) is 291 Å². The minimum atomic E-state index is -0.861. The number of rotatable bonds is 9. The average molecular weight is 1460 g/mol. The molecular formula is C72H127N6Si7Zr2-5. The molecular weight excluding hydrogens is 1330 g/mol. The van der Waals surface area contributed by atoms with Crippen molar-refractivity contribution < 1.29 is 52.4 Å². The van der Waals surface area contributed by atoms with Gasteiger partial charge in [-0.05, 0) is 48.1 Å². The molecule has 2 aromatic heterocycles. The maximum Gasteiger partial charge on any atom is 4.00 e. The number of para-hydroxylation sites is 2. The second-order valence-electron chi connectivity index (χ2n) is 31.7. The largest absolute Gasteiger partial charge is 4.00 e. The number of aliphatic imine (C=N–C) groups is 1. The molecule has 87 heavy (non-hydrogen) atoms. The van der Waals surface area contributed by atoms with E-state index >= 15 is 0 Å². The van der Waals surface area contributed by atoms with Gasteiger partial charge in [0.25, 0.3) is 0 Å². The molecule has 15 heteroatoms. The van der Waals surface area contributed by atoms with E-state index in [0.717, 1.165) is 5.96 Å². The number of hydrogen-bond acceptors (Lipinski definition) is 1. The fourth-order valence-electron chi connectivity index (χ4n) is 7.34. The minimum Gasteiger partial charge on any atom is -0.658 e. The molecule has 0 spiro atoms. The molecule has 4 aromatic carbocycles. The number of nitrogens with zero attached hydrogens (tertiary/aromatic N) is 5. The van der Waals surface area contributed by atoms with Gasteiger partial charge in [0, 0.05) is 55.5 Å². The Labute approximate surface area is 585 Å². The molecule has 0 bridgehead atoms. The van der Waals surface area contributed by atoms with Gasteiger partial charge in [-0.3, -0.25) is 4.57 Å². The average Bonchev–Trinajstić information content (AvgIpc) is 2.97. The van der Waals surface area contributed by atoms with E-state index in [9.17, 15) is 0 Å². The first-order valence-electron chi connectivity index (χ1n) is 31.6. The summed E-state index contributed by atoms with van der Waals surface area (Å²) in [5.41, 5.74) is 4.89. The third-order valence-electron chi connectivity index (χ3n) is 10.1. The van der Waals surface area contributed by atoms with E-state index in [1.807, 2.05) is 12.1 Å². The fourth-order valence-corrected chi connectivity index (χ4v) is 7.34. The Hall–Kier alpha value is -1.37. The molecule has 1 N–H and O–H groups in total. The van der Waals surface area contributed by atoms with Gasteiger partial charge in [0.1, 0.15) is 0 Å². The van der Waals surface area contributed by atoms with Gasteiger partial charge >= 0.3 is 26.2 Å². The molecule has 0 saturated heterocycles. The predicted molar refractivity (Wildman–Crippen MR) is 411 cm³/mol. The van der Waals surface area contributed by atoms with Gasteiger partial charge in [0.15, 0.2) is 0 Å². The van der Waals surface area contributed by atoms with Crippen LogP contribution in [0.4, 0.5) is 0 Å². The molecule has 1 atom stereocenters. The SMILES string of the molecule is [CH2-][Si](C)(C)C.[CH2-][Si](C)(C)C.[CH2-][Si](C)(C)C.[CH2-][Si](C)(C)C.[CH2-][Si](C)(C)C.[CH2-][Si](C)(C)C.[CH2-][Si](C)(C)C.[Zr+4].[Zr].c1ccc(CN=C(NC2CCCCC2)n2ccc3ccccc32)cc1.c1ccc(C[N-]C([N-]C2CCCCC2)n2ccc3ccccc32)cc1. The van der Waals surface area contributed by atoms with Gasteiger partial charge < -0.3 is 66.3 Å². The topological polar surface area (TPSA) is 62.5 Å². The van der Waals surface area contributed by atoms with Crippen LogP contribution in [0.1, 0.15) is 81.6 Å². The molecule has 2 aliphatic rings. The Kier molecular flexibility index (Phi) is 46.5. The molecule has 8 rings (SSSR count). The zero-order valence-electron chi connectivity index (χ0n) is 59.6. The third kappa shape index (κ3) is 61.9. The number of benzene rings is 4. The minimum absolute atomic E-state index is 0. The molecule has 0 aliphatic heterocycles. The van der Waals surface area contributed by atoms with Crippen molar-refractivity contribution in [3.63, 3.8) is 0 Å². The van der Waals surface area contributed by atoms with Crippen molar-refractivity contribution in [1.82, 2.24) is 14.5 Å². The van der Waals surface area contributed by atoms with Crippen molar-refractivity contribution in [3.05, 3.63) is 201 Å². The van der Waals surface area contributed by atoms with Gasteiger partial charge in [-0.15, -0.1) is 69.1 Å². The predicted octanol–water partition coefficient (Wildman–Crippen LogP) is 23.2. The first-order valence-corrected chi connectivity index (χ1v) is 57.6. The fraction of sp³-hybridized carbons (Fsp3) is 0.500. The molecule has 0 radical (unpaired) electrons. The van der Waals surface area contributed by atoms with Gasteiger partial charge in [-0.25, -0.2) is 4.99 Å². The first-order chi connectivity index (χ1) is 38.8. The van der Waals surface area contributed by atoms with Crippen molar-refractivity contribution >= 4 is 84.3 Å². The Morgan fingerprint density at radius 2 is 0.782 bits per heavy atom. The third-order valence-corrected chi connectivity index (χ3v) is 10.1. The number of fused-ring (bicyclic) bond motifs is 2. The van der Waals surface area contributed by atoms with Crippen LogP contribution in [0.5, 0.6) is 0 Å². The summed E-state index contributed by atoms with van der Waals surface area (Å²) in [5, 5.41) is 16.4. The van der Waals surface area contributed by atoms with Gasteiger partial charge in [0.05, 0.1) is 12.1 Å². The Morgan fingerprint density at radius 3 is 1.20 bits per heavy atom. The van der Waals surface area contributed by atoms with Crippen LogP contribution >= 0.6 is 0 Å². The van der Waals surface area contributed by atoms with Crippen LogP contribution in [-0.4, -0.2) is 83.7 Å². The van der Waals surface area contributed by atoms with Crippen molar-refractivity contribution in [3.8, 4) is 0 Å². The van der Waals surface area contributed by atoms with E-state index in [2.05, 4.69) is 319 Å². The summed E-state index contributed by atoms with van der Waals surface area (Å²) in [6.07, 6.45) is 17.0. The van der Waals surface area contributed by atoms with Crippen molar-refractivity contribution in [2.75, 3.05) is 0 Å². The molecule has 486 valence electrons. The van der Waals surface area contributed by atoms with Crippen LogP contribution in [-0.2, 0) is 65.5 Å². The number of hydrogen-bond donors (Lipinski definition) is 1. The zero-order valence-corrected chi connectivity index (χ0v) is 71.5. The summed E-state index contributed by atoms with van der Waals surface area (Å²) in [7, 11) is -6.03. The second-order valence-corrected chi connectivity index (χ2v) is 67.5. The maximum atomic E-state index is 5.14. The van der Waals surface area contributed by atoms with Crippen LogP contribution in [0.25, 0.3) is 32.4 Å². The summed E-state index contributed by atoms with van der Waals surface area (Å²) < 4.78 is 4.43. The van der Waals surface area contributed by atoms with Gasteiger partial charge in [0.2, 0.25) is 5.96 Å². The standard InChI is InChI=1S/2C22H25N3.7C4H11Si.2Zr/c2*1-3-9-18(10-4-1)17-23-22(24-20-12-5-2-6-13-20)25-16-15-19-11-7-8-14-21(19)25;7*1-5(2,3)4;;/h1,3-4,7-11,14-16,20H,2,5-6,12-13,17H2,(H,23,24);1,3-4,7-11,14-16,20,22H,2,5-6,12-13,17H2;7*1H2,2-4H3;;/q;-2;7*-1;;+4. The molecule has 1 unspecified atom stereocenters. The van der Waals surface area contributed by atoms with Crippen molar-refractivity contribution in [1.29, 1.82) is 0 Å². The summed E-state index contributed by atoms with van der Waals surface area (Å²) in [4.78, 5) is 4.95. The van der Waals surface area contributed by atoms with E-state index in [0.29, 0.717) is 25.2 Å². The first kappa shape index (κ1) is 89.8. The molecule has 2 fully saturated rings. The normalized spacial score (nSPS) is 14.4. The molecule has 6 aromatic rings. The van der Waals surface area contributed by atoms with E-state index in [4.69, 9.17) is 15.6 Å². The van der Waals surface area contributed by atoms with Crippen LogP contribution in [0.3, 0.4) is 0 Å². The van der Waals surface area contributed by atoms with Gasteiger partial charge in [-0.2, -0.15) is 6.29 Å². The maximum absolute atomic E-state index is 5.14. The second kappa shape index (κ2) is 45.0. The summed E-state index contributed by atoms with van der Waals surface area (Å²) in [6, 6.07) is 43.2. The van der Waals surface area contributed by atoms with E-state index in [1.165, 1.54) is 97.1 Å². The molecule has 2 heterocycles. The van der Waals surface area contributed by atoms with Crippen LogP contribution < -0.4 is 5.32 Å². The van der Waals surface area contributed by atoms with E-state index < -0.39 is 56.5 Å². The van der Waals surface area contributed by atoms with Crippen LogP contribution in [0, 0.1) is 45.8 Å². The van der Waals surface area contributed by atoms with Crippen LogP contribution in [0.2, 0.25) is 137 Å².